The lowest BCUT2D eigenvalue weighted by Gasteiger charge is -2.21. The Morgan fingerprint density at radius 1 is 1.44 bits per heavy atom. The molecule has 0 aliphatic heterocycles. The highest BCUT2D eigenvalue weighted by molar-refractivity contribution is 9.09. The summed E-state index contributed by atoms with van der Waals surface area (Å²) in [6.07, 6.45) is 0.985. The summed E-state index contributed by atoms with van der Waals surface area (Å²) in [7, 11) is 0. The first-order valence-electron chi connectivity index (χ1n) is 5.71. The molecule has 16 heavy (non-hydrogen) atoms. The zero-order valence-electron chi connectivity index (χ0n) is 9.65. The van der Waals surface area contributed by atoms with E-state index in [1.807, 2.05) is 13.8 Å². The van der Waals surface area contributed by atoms with Gasteiger partial charge in [0.2, 0.25) is 0 Å². The zero-order valence-corrected chi connectivity index (χ0v) is 11.2. The van der Waals surface area contributed by atoms with Gasteiger partial charge in [-0.3, -0.25) is 0 Å². The maximum absolute atomic E-state index is 5.92. The molecule has 1 aromatic rings. The van der Waals surface area contributed by atoms with Gasteiger partial charge in [-0.25, -0.2) is 0 Å². The fourth-order valence-corrected chi connectivity index (χ4v) is 2.91. The molecule has 0 heterocycles. The molecular formula is C13H17BrO2. The second-order valence-electron chi connectivity index (χ2n) is 4.00. The average Bonchev–Trinajstić information content (AvgIpc) is 2.56. The van der Waals surface area contributed by atoms with Gasteiger partial charge in [-0.15, -0.1) is 0 Å². The first kappa shape index (κ1) is 12.1. The van der Waals surface area contributed by atoms with Crippen LogP contribution in [0.5, 0.6) is 0 Å². The minimum atomic E-state index is -0.152. The van der Waals surface area contributed by atoms with Crippen molar-refractivity contribution in [3.63, 3.8) is 0 Å². The molecule has 0 saturated carbocycles. The highest BCUT2D eigenvalue weighted by Gasteiger charge is 2.32. The summed E-state index contributed by atoms with van der Waals surface area (Å²) in [5.74, 6) is 0. The molecule has 0 aromatic heterocycles. The summed E-state index contributed by atoms with van der Waals surface area (Å²) in [5, 5.41) is 0. The predicted molar refractivity (Wildman–Crippen MR) is 67.8 cm³/mol. The first-order valence-corrected chi connectivity index (χ1v) is 6.63. The van der Waals surface area contributed by atoms with Crippen molar-refractivity contribution in [1.82, 2.24) is 0 Å². The van der Waals surface area contributed by atoms with Crippen LogP contribution in [-0.4, -0.2) is 17.7 Å². The van der Waals surface area contributed by atoms with E-state index in [4.69, 9.17) is 9.47 Å². The number of fused-ring (bicyclic) bond motifs is 1. The lowest BCUT2D eigenvalue weighted by molar-refractivity contribution is -0.156. The second-order valence-corrected chi connectivity index (χ2v) is 5.17. The molecule has 0 saturated heterocycles. The van der Waals surface area contributed by atoms with Gasteiger partial charge in [-0.2, -0.15) is 0 Å². The van der Waals surface area contributed by atoms with E-state index in [9.17, 15) is 0 Å². The van der Waals surface area contributed by atoms with Gasteiger partial charge in [0.15, 0.2) is 6.29 Å². The number of rotatable bonds is 4. The summed E-state index contributed by atoms with van der Waals surface area (Å²) >= 11 is 3.68. The van der Waals surface area contributed by atoms with Gasteiger partial charge in [-0.05, 0) is 31.4 Å². The summed E-state index contributed by atoms with van der Waals surface area (Å²) < 4.78 is 11.3. The molecule has 3 unspecified atom stereocenters. The maximum atomic E-state index is 5.92. The van der Waals surface area contributed by atoms with E-state index < -0.39 is 0 Å². The number of hydrogen-bond donors (Lipinski definition) is 0. The maximum Gasteiger partial charge on any atom is 0.155 e. The van der Waals surface area contributed by atoms with Gasteiger partial charge in [0.05, 0.1) is 6.10 Å². The van der Waals surface area contributed by atoms with Crippen molar-refractivity contribution in [1.29, 1.82) is 0 Å². The molecule has 1 aromatic carbocycles. The van der Waals surface area contributed by atoms with Crippen LogP contribution in [0.15, 0.2) is 24.3 Å². The largest absolute Gasteiger partial charge is 0.353 e. The van der Waals surface area contributed by atoms with Crippen molar-refractivity contribution in [3.05, 3.63) is 35.4 Å². The smallest absolute Gasteiger partial charge is 0.155 e. The Kier molecular flexibility index (Phi) is 4.00. The lowest BCUT2D eigenvalue weighted by Crippen LogP contribution is -2.20. The van der Waals surface area contributed by atoms with E-state index in [0.29, 0.717) is 11.4 Å². The van der Waals surface area contributed by atoms with Crippen LogP contribution in [-0.2, 0) is 15.9 Å². The van der Waals surface area contributed by atoms with Crippen LogP contribution in [0.3, 0.4) is 0 Å². The van der Waals surface area contributed by atoms with Crippen LogP contribution in [0.2, 0.25) is 0 Å². The third kappa shape index (κ3) is 2.47. The Bertz CT molecular complexity index is 354. The van der Waals surface area contributed by atoms with Gasteiger partial charge in [0.25, 0.3) is 0 Å². The zero-order chi connectivity index (χ0) is 11.5. The minimum Gasteiger partial charge on any atom is -0.353 e. The Hall–Kier alpha value is -0.380. The fraction of sp³-hybridized carbons (Fsp3) is 0.538. The second kappa shape index (κ2) is 5.30. The summed E-state index contributed by atoms with van der Waals surface area (Å²) in [4.78, 5) is 0.354. The molecule has 3 atom stereocenters. The van der Waals surface area contributed by atoms with Gasteiger partial charge in [0, 0.05) is 11.4 Å². The Morgan fingerprint density at radius 2 is 2.19 bits per heavy atom. The van der Waals surface area contributed by atoms with Crippen molar-refractivity contribution in [2.24, 2.45) is 0 Å². The van der Waals surface area contributed by atoms with E-state index in [2.05, 4.69) is 40.2 Å². The predicted octanol–water partition coefficient (Wildman–Crippen LogP) is 3.45. The molecule has 0 radical (unpaired) electrons. The van der Waals surface area contributed by atoms with Crippen LogP contribution in [0.1, 0.15) is 31.1 Å². The number of hydrogen-bond acceptors (Lipinski definition) is 2. The van der Waals surface area contributed by atoms with Crippen LogP contribution >= 0.6 is 15.9 Å². The Morgan fingerprint density at radius 3 is 2.94 bits per heavy atom. The van der Waals surface area contributed by atoms with Gasteiger partial charge < -0.3 is 9.47 Å². The van der Waals surface area contributed by atoms with Crippen LogP contribution in [0, 0.1) is 0 Å². The van der Waals surface area contributed by atoms with Crippen LogP contribution < -0.4 is 0 Å². The third-order valence-corrected chi connectivity index (χ3v) is 3.65. The highest BCUT2D eigenvalue weighted by Crippen LogP contribution is 2.39. The van der Waals surface area contributed by atoms with Gasteiger partial charge >= 0.3 is 0 Å². The minimum absolute atomic E-state index is 0.109. The molecular weight excluding hydrogens is 268 g/mol. The molecule has 0 N–H and O–H groups in total. The summed E-state index contributed by atoms with van der Waals surface area (Å²) in [6, 6.07) is 8.44. The molecule has 0 fully saturated rings. The molecule has 1 aliphatic rings. The quantitative estimate of drug-likeness (QED) is 0.623. The monoisotopic (exact) mass is 284 g/mol. The molecule has 2 nitrogen and oxygen atoms in total. The molecule has 0 spiro atoms. The topological polar surface area (TPSA) is 18.5 Å². The van der Waals surface area contributed by atoms with Crippen molar-refractivity contribution in [2.45, 2.75) is 37.5 Å². The van der Waals surface area contributed by atoms with Crippen molar-refractivity contribution in [3.8, 4) is 0 Å². The normalized spacial score (nSPS) is 25.4. The Balaban J connectivity index is 2.10. The molecule has 0 bridgehead atoms. The standard InChI is InChI=1S/C13H17BrO2/c1-3-15-9(2)16-13-11-7-5-4-6-10(11)8-12(13)14/h4-7,9,12-13H,3,8H2,1-2H3. The first-order chi connectivity index (χ1) is 7.72. The highest BCUT2D eigenvalue weighted by atomic mass is 79.9. The average molecular weight is 285 g/mol. The van der Waals surface area contributed by atoms with Crippen molar-refractivity contribution >= 4 is 15.9 Å². The van der Waals surface area contributed by atoms with Gasteiger partial charge in [0.1, 0.15) is 0 Å². The summed E-state index contributed by atoms with van der Waals surface area (Å²) in [6.45, 7) is 4.61. The molecule has 1 aliphatic carbocycles. The lowest BCUT2D eigenvalue weighted by atomic mass is 10.1. The van der Waals surface area contributed by atoms with Crippen LogP contribution in [0.4, 0.5) is 0 Å². The molecule has 88 valence electrons. The van der Waals surface area contributed by atoms with Crippen LogP contribution in [0.25, 0.3) is 0 Å². The number of halogens is 1. The number of ether oxygens (including phenoxy) is 2. The van der Waals surface area contributed by atoms with E-state index in [1.165, 1.54) is 11.1 Å². The summed E-state index contributed by atoms with van der Waals surface area (Å²) in [5.41, 5.74) is 2.66. The Labute approximate surface area is 105 Å². The molecule has 3 heteroatoms. The SMILES string of the molecule is CCOC(C)OC1c2ccccc2CC1Br. The van der Waals surface area contributed by atoms with E-state index >= 15 is 0 Å². The van der Waals surface area contributed by atoms with Gasteiger partial charge in [-0.1, -0.05) is 40.2 Å². The fourth-order valence-electron chi connectivity index (χ4n) is 2.15. The molecule has 0 amide bonds. The van der Waals surface area contributed by atoms with E-state index in [1.54, 1.807) is 0 Å². The number of alkyl halides is 1. The number of benzene rings is 1. The van der Waals surface area contributed by atoms with Crippen molar-refractivity contribution in [2.75, 3.05) is 6.61 Å². The third-order valence-electron chi connectivity index (χ3n) is 2.84. The molecule has 2 rings (SSSR count). The van der Waals surface area contributed by atoms with E-state index in [0.717, 1.165) is 6.42 Å². The van der Waals surface area contributed by atoms with Crippen molar-refractivity contribution < 1.29 is 9.47 Å². The van der Waals surface area contributed by atoms with E-state index in [-0.39, 0.29) is 12.4 Å².